The molecule has 3 heteroatoms. The van der Waals surface area contributed by atoms with Crippen LogP contribution in [0, 0.1) is 5.92 Å². The smallest absolute Gasteiger partial charge is 0.102 e. The van der Waals surface area contributed by atoms with Gasteiger partial charge in [-0.15, -0.1) is 0 Å². The maximum Gasteiger partial charge on any atom is 0.102 e. The van der Waals surface area contributed by atoms with Crippen LogP contribution in [0.3, 0.4) is 0 Å². The molecule has 17 heavy (non-hydrogen) atoms. The van der Waals surface area contributed by atoms with Crippen molar-refractivity contribution in [2.24, 2.45) is 5.92 Å². The van der Waals surface area contributed by atoms with Crippen molar-refractivity contribution in [3.05, 3.63) is 24.3 Å². The van der Waals surface area contributed by atoms with Crippen LogP contribution in [0.15, 0.2) is 24.3 Å². The summed E-state index contributed by atoms with van der Waals surface area (Å²) in [5.41, 5.74) is 2.68. The zero-order valence-electron chi connectivity index (χ0n) is 10.4. The van der Waals surface area contributed by atoms with E-state index in [1.807, 2.05) is 0 Å². The Morgan fingerprint density at radius 2 is 2.00 bits per heavy atom. The second-order valence-corrected chi connectivity index (χ2v) is 4.98. The van der Waals surface area contributed by atoms with Gasteiger partial charge < -0.3 is 15.5 Å². The number of hydrogen-bond acceptors (Lipinski definition) is 3. The second kappa shape index (κ2) is 4.57. The van der Waals surface area contributed by atoms with E-state index in [0.29, 0.717) is 6.17 Å². The van der Waals surface area contributed by atoms with Gasteiger partial charge in [-0.05, 0) is 45.0 Å². The molecular weight excluding hydrogens is 210 g/mol. The van der Waals surface area contributed by atoms with Crippen LogP contribution in [0.2, 0.25) is 0 Å². The molecule has 1 atom stereocenters. The number of fused-ring (bicyclic) bond motifs is 1. The van der Waals surface area contributed by atoms with Gasteiger partial charge in [0.25, 0.3) is 0 Å². The third kappa shape index (κ3) is 1.89. The first-order valence-corrected chi connectivity index (χ1v) is 6.73. The summed E-state index contributed by atoms with van der Waals surface area (Å²) in [6.07, 6.45) is 3.06. The minimum Gasteiger partial charge on any atom is -0.363 e. The maximum absolute atomic E-state index is 3.70. The van der Waals surface area contributed by atoms with E-state index in [2.05, 4.69) is 46.7 Å². The second-order valence-electron chi connectivity index (χ2n) is 4.98. The lowest BCUT2D eigenvalue weighted by molar-refractivity contribution is 0.330. The van der Waals surface area contributed by atoms with E-state index in [1.54, 1.807) is 0 Å². The Kier molecular flexibility index (Phi) is 2.93. The SMILES string of the molecule is CCN1c2ccccc2NC1C1CCNCC1. The first-order valence-electron chi connectivity index (χ1n) is 6.73. The van der Waals surface area contributed by atoms with E-state index < -0.39 is 0 Å². The van der Waals surface area contributed by atoms with Crippen molar-refractivity contribution < 1.29 is 0 Å². The molecule has 0 radical (unpaired) electrons. The van der Waals surface area contributed by atoms with Crippen LogP contribution in [0.5, 0.6) is 0 Å². The van der Waals surface area contributed by atoms with Crippen LogP contribution in [0.25, 0.3) is 0 Å². The Morgan fingerprint density at radius 3 is 2.76 bits per heavy atom. The molecule has 0 aliphatic carbocycles. The molecule has 2 aliphatic heterocycles. The highest BCUT2D eigenvalue weighted by Gasteiger charge is 2.33. The number of anilines is 2. The number of benzene rings is 1. The van der Waals surface area contributed by atoms with Crippen LogP contribution in [-0.4, -0.2) is 25.8 Å². The molecule has 0 saturated carbocycles. The first kappa shape index (κ1) is 10.9. The quantitative estimate of drug-likeness (QED) is 0.817. The van der Waals surface area contributed by atoms with Gasteiger partial charge in [0.1, 0.15) is 6.17 Å². The number of para-hydroxylation sites is 2. The van der Waals surface area contributed by atoms with Gasteiger partial charge in [0.15, 0.2) is 0 Å². The summed E-state index contributed by atoms with van der Waals surface area (Å²) in [6, 6.07) is 8.67. The van der Waals surface area contributed by atoms with Gasteiger partial charge in [0, 0.05) is 12.5 Å². The molecule has 1 aromatic rings. The topological polar surface area (TPSA) is 27.3 Å². The fraction of sp³-hybridized carbons (Fsp3) is 0.571. The highest BCUT2D eigenvalue weighted by Crippen LogP contribution is 2.38. The van der Waals surface area contributed by atoms with Gasteiger partial charge >= 0.3 is 0 Å². The van der Waals surface area contributed by atoms with Crippen LogP contribution in [0.1, 0.15) is 19.8 Å². The molecule has 0 bridgehead atoms. The summed E-state index contributed by atoms with van der Waals surface area (Å²) in [6.45, 7) is 5.66. The summed E-state index contributed by atoms with van der Waals surface area (Å²) < 4.78 is 0. The third-order valence-electron chi connectivity index (χ3n) is 4.02. The molecule has 1 saturated heterocycles. The number of nitrogens with zero attached hydrogens (tertiary/aromatic N) is 1. The summed E-state index contributed by atoms with van der Waals surface area (Å²) >= 11 is 0. The molecule has 0 spiro atoms. The van der Waals surface area contributed by atoms with Crippen molar-refractivity contribution >= 4 is 11.4 Å². The number of piperidine rings is 1. The first-order chi connectivity index (χ1) is 8.40. The van der Waals surface area contributed by atoms with Gasteiger partial charge in [-0.2, -0.15) is 0 Å². The fourth-order valence-corrected chi connectivity index (χ4v) is 3.13. The average molecular weight is 231 g/mol. The summed E-state index contributed by atoms with van der Waals surface area (Å²) in [5, 5.41) is 7.15. The van der Waals surface area contributed by atoms with Gasteiger partial charge in [-0.3, -0.25) is 0 Å². The normalized spacial score (nSPS) is 24.5. The minimum absolute atomic E-state index is 0.500. The molecule has 3 nitrogen and oxygen atoms in total. The van der Waals surface area contributed by atoms with Crippen LogP contribution in [0.4, 0.5) is 11.4 Å². The Labute approximate surface area is 103 Å². The van der Waals surface area contributed by atoms with Crippen molar-refractivity contribution in [3.63, 3.8) is 0 Å². The molecule has 92 valence electrons. The molecule has 2 heterocycles. The molecule has 0 amide bonds. The van der Waals surface area contributed by atoms with E-state index >= 15 is 0 Å². The van der Waals surface area contributed by atoms with E-state index in [4.69, 9.17) is 0 Å². The van der Waals surface area contributed by atoms with Gasteiger partial charge in [0.2, 0.25) is 0 Å². The van der Waals surface area contributed by atoms with Gasteiger partial charge in [-0.25, -0.2) is 0 Å². The molecular formula is C14H21N3. The Balaban J connectivity index is 1.83. The van der Waals surface area contributed by atoms with E-state index in [9.17, 15) is 0 Å². The molecule has 2 N–H and O–H groups in total. The molecule has 0 aromatic heterocycles. The lowest BCUT2D eigenvalue weighted by Crippen LogP contribution is -2.45. The molecule has 1 fully saturated rings. The Bertz CT molecular complexity index is 385. The predicted octanol–water partition coefficient (Wildman–Crippen LogP) is 2.26. The Morgan fingerprint density at radius 1 is 1.24 bits per heavy atom. The number of rotatable bonds is 2. The van der Waals surface area contributed by atoms with Crippen LogP contribution in [-0.2, 0) is 0 Å². The van der Waals surface area contributed by atoms with Crippen LogP contribution < -0.4 is 15.5 Å². The van der Waals surface area contributed by atoms with E-state index in [-0.39, 0.29) is 0 Å². The van der Waals surface area contributed by atoms with Gasteiger partial charge in [-0.1, -0.05) is 12.1 Å². The lowest BCUT2D eigenvalue weighted by Gasteiger charge is -2.34. The number of nitrogens with one attached hydrogen (secondary N) is 2. The maximum atomic E-state index is 3.70. The van der Waals surface area contributed by atoms with E-state index in [0.717, 1.165) is 25.6 Å². The minimum atomic E-state index is 0.500. The molecule has 1 aromatic carbocycles. The van der Waals surface area contributed by atoms with Crippen LogP contribution >= 0.6 is 0 Å². The van der Waals surface area contributed by atoms with Crippen molar-refractivity contribution in [3.8, 4) is 0 Å². The Hall–Kier alpha value is -1.22. The average Bonchev–Trinajstić information content (AvgIpc) is 2.78. The zero-order valence-corrected chi connectivity index (χ0v) is 10.4. The fourth-order valence-electron chi connectivity index (χ4n) is 3.13. The summed E-state index contributed by atoms with van der Waals surface area (Å²) in [5.74, 6) is 0.767. The third-order valence-corrected chi connectivity index (χ3v) is 4.02. The molecule has 3 rings (SSSR count). The van der Waals surface area contributed by atoms with Crippen molar-refractivity contribution in [1.82, 2.24) is 5.32 Å². The highest BCUT2D eigenvalue weighted by atomic mass is 15.3. The summed E-state index contributed by atoms with van der Waals surface area (Å²) in [7, 11) is 0. The van der Waals surface area contributed by atoms with E-state index in [1.165, 1.54) is 24.2 Å². The standard InChI is InChI=1S/C14H21N3/c1-2-17-13-6-4-3-5-12(13)16-14(17)11-7-9-15-10-8-11/h3-6,11,14-16H,2,7-10H2,1H3. The summed E-state index contributed by atoms with van der Waals surface area (Å²) in [4.78, 5) is 2.52. The van der Waals surface area contributed by atoms with Crippen molar-refractivity contribution in [2.45, 2.75) is 25.9 Å². The zero-order chi connectivity index (χ0) is 11.7. The monoisotopic (exact) mass is 231 g/mol. The highest BCUT2D eigenvalue weighted by molar-refractivity contribution is 5.75. The molecule has 2 aliphatic rings. The largest absolute Gasteiger partial charge is 0.363 e. The van der Waals surface area contributed by atoms with Crippen molar-refractivity contribution in [2.75, 3.05) is 29.9 Å². The lowest BCUT2D eigenvalue weighted by atomic mass is 9.94. The van der Waals surface area contributed by atoms with Gasteiger partial charge in [0.05, 0.1) is 11.4 Å². The number of hydrogen-bond donors (Lipinski definition) is 2. The predicted molar refractivity (Wildman–Crippen MR) is 72.5 cm³/mol. The van der Waals surface area contributed by atoms with Crippen molar-refractivity contribution in [1.29, 1.82) is 0 Å². The molecule has 1 unspecified atom stereocenters.